The Morgan fingerprint density at radius 2 is 2.00 bits per heavy atom. The minimum atomic E-state index is -0.586. The highest BCUT2D eigenvalue weighted by atomic mass is 16.8. The molecule has 3 fully saturated rings. The van der Waals surface area contributed by atoms with Gasteiger partial charge in [-0.3, -0.25) is 0 Å². The van der Waals surface area contributed by atoms with Gasteiger partial charge >= 0.3 is 0 Å². The van der Waals surface area contributed by atoms with E-state index in [0.29, 0.717) is 0 Å². The summed E-state index contributed by atoms with van der Waals surface area (Å²) >= 11 is 0. The zero-order valence-corrected chi connectivity index (χ0v) is 11.3. The maximum Gasteiger partial charge on any atom is 0.190 e. The van der Waals surface area contributed by atoms with Gasteiger partial charge in [0.1, 0.15) is 24.4 Å². The van der Waals surface area contributed by atoms with E-state index >= 15 is 0 Å². The maximum absolute atomic E-state index is 5.95. The normalized spacial score (nSPS) is 45.2. The van der Waals surface area contributed by atoms with Crippen LogP contribution in [0.4, 0.5) is 0 Å². The fraction of sp³-hybridized carbons (Fsp3) is 1.00. The van der Waals surface area contributed by atoms with Crippen molar-refractivity contribution in [2.75, 3.05) is 13.2 Å². The van der Waals surface area contributed by atoms with E-state index in [1.165, 1.54) is 0 Å². The molecule has 0 aromatic rings. The van der Waals surface area contributed by atoms with Crippen molar-refractivity contribution in [3.63, 3.8) is 0 Å². The fourth-order valence-corrected chi connectivity index (χ4v) is 2.60. The highest BCUT2D eigenvalue weighted by molar-refractivity contribution is 5.00. The van der Waals surface area contributed by atoms with E-state index in [9.17, 15) is 0 Å². The zero-order valence-electron chi connectivity index (χ0n) is 11.3. The minimum absolute atomic E-state index is 0.0482. The molecule has 5 nitrogen and oxygen atoms in total. The first-order valence-corrected chi connectivity index (χ1v) is 6.85. The Bertz CT molecular complexity index is 302. The van der Waals surface area contributed by atoms with Gasteiger partial charge in [-0.15, -0.1) is 0 Å². The lowest BCUT2D eigenvalue weighted by Crippen LogP contribution is -2.39. The molecule has 0 amide bonds. The molecule has 0 aliphatic carbocycles. The molecule has 0 aromatic heterocycles. The van der Waals surface area contributed by atoms with E-state index in [2.05, 4.69) is 6.92 Å². The zero-order chi connectivity index (χ0) is 12.8. The number of epoxide rings is 1. The van der Waals surface area contributed by atoms with Gasteiger partial charge in [0, 0.05) is 6.61 Å². The molecule has 3 heterocycles. The number of fused-ring (bicyclic) bond motifs is 1. The van der Waals surface area contributed by atoms with Gasteiger partial charge in [0.15, 0.2) is 12.1 Å². The smallest absolute Gasteiger partial charge is 0.190 e. The average molecular weight is 258 g/mol. The summed E-state index contributed by atoms with van der Waals surface area (Å²) in [6, 6.07) is 0. The van der Waals surface area contributed by atoms with Gasteiger partial charge in [-0.1, -0.05) is 13.3 Å². The van der Waals surface area contributed by atoms with E-state index in [4.69, 9.17) is 23.7 Å². The highest BCUT2D eigenvalue weighted by Gasteiger charge is 2.59. The molecular weight excluding hydrogens is 236 g/mol. The monoisotopic (exact) mass is 258 g/mol. The predicted molar refractivity (Wildman–Crippen MR) is 63.1 cm³/mol. The van der Waals surface area contributed by atoms with E-state index in [-0.39, 0.29) is 30.7 Å². The molecule has 3 unspecified atom stereocenters. The van der Waals surface area contributed by atoms with Crippen molar-refractivity contribution in [3.05, 3.63) is 0 Å². The molecule has 0 spiro atoms. The van der Waals surface area contributed by atoms with Crippen molar-refractivity contribution < 1.29 is 23.7 Å². The van der Waals surface area contributed by atoms with Crippen LogP contribution in [0, 0.1) is 0 Å². The fourth-order valence-electron chi connectivity index (χ4n) is 2.60. The van der Waals surface area contributed by atoms with Crippen LogP contribution in [0.2, 0.25) is 0 Å². The maximum atomic E-state index is 5.95. The Hall–Kier alpha value is -0.200. The second-order valence-electron chi connectivity index (χ2n) is 5.63. The molecular formula is C13H22O5. The van der Waals surface area contributed by atoms with Gasteiger partial charge in [-0.05, 0) is 20.3 Å². The lowest BCUT2D eigenvalue weighted by molar-refractivity contribution is -0.220. The van der Waals surface area contributed by atoms with Crippen molar-refractivity contribution in [2.24, 2.45) is 0 Å². The van der Waals surface area contributed by atoms with Gasteiger partial charge < -0.3 is 23.7 Å². The summed E-state index contributed by atoms with van der Waals surface area (Å²) in [5.41, 5.74) is 0. The number of hydrogen-bond acceptors (Lipinski definition) is 5. The van der Waals surface area contributed by atoms with Crippen LogP contribution in [0.1, 0.15) is 33.6 Å². The van der Waals surface area contributed by atoms with E-state index < -0.39 is 5.79 Å². The van der Waals surface area contributed by atoms with Crippen molar-refractivity contribution >= 4 is 0 Å². The van der Waals surface area contributed by atoms with E-state index in [0.717, 1.165) is 26.1 Å². The Kier molecular flexibility index (Phi) is 3.36. The van der Waals surface area contributed by atoms with Crippen LogP contribution >= 0.6 is 0 Å². The van der Waals surface area contributed by atoms with Gasteiger partial charge in [-0.25, -0.2) is 0 Å². The summed E-state index contributed by atoms with van der Waals surface area (Å²) in [6.07, 6.45) is 1.75. The summed E-state index contributed by atoms with van der Waals surface area (Å²) < 4.78 is 28.8. The molecule has 0 aromatic carbocycles. The van der Waals surface area contributed by atoms with Gasteiger partial charge in [-0.2, -0.15) is 0 Å². The number of ether oxygens (including phenoxy) is 5. The second kappa shape index (κ2) is 4.72. The summed E-state index contributed by atoms with van der Waals surface area (Å²) in [5.74, 6) is -0.586. The Morgan fingerprint density at radius 1 is 1.22 bits per heavy atom. The summed E-state index contributed by atoms with van der Waals surface area (Å²) in [7, 11) is 0. The van der Waals surface area contributed by atoms with Gasteiger partial charge in [0.2, 0.25) is 0 Å². The summed E-state index contributed by atoms with van der Waals surface area (Å²) in [4.78, 5) is 0. The topological polar surface area (TPSA) is 49.5 Å². The van der Waals surface area contributed by atoms with Crippen LogP contribution in [0.15, 0.2) is 0 Å². The van der Waals surface area contributed by atoms with Crippen LogP contribution in [-0.4, -0.2) is 49.7 Å². The number of unbranched alkanes of at least 4 members (excludes halogenated alkanes) is 1. The van der Waals surface area contributed by atoms with Crippen LogP contribution < -0.4 is 0 Å². The third-order valence-corrected chi connectivity index (χ3v) is 3.56. The summed E-state index contributed by atoms with van der Waals surface area (Å²) in [6.45, 7) is 7.44. The molecule has 5 atom stereocenters. The number of hydrogen-bond donors (Lipinski definition) is 0. The van der Waals surface area contributed by atoms with Crippen LogP contribution in [0.25, 0.3) is 0 Å². The van der Waals surface area contributed by atoms with Crippen LogP contribution in [0.5, 0.6) is 0 Å². The third-order valence-electron chi connectivity index (χ3n) is 3.56. The molecule has 0 bridgehead atoms. The molecule has 18 heavy (non-hydrogen) atoms. The largest absolute Gasteiger partial charge is 0.372 e. The van der Waals surface area contributed by atoms with Crippen molar-refractivity contribution in [3.8, 4) is 0 Å². The molecule has 3 saturated heterocycles. The predicted octanol–water partition coefficient (Wildman–Crippen LogP) is 1.45. The Labute approximate surface area is 108 Å². The molecule has 3 rings (SSSR count). The summed E-state index contributed by atoms with van der Waals surface area (Å²) in [5, 5.41) is 0. The van der Waals surface area contributed by atoms with Gasteiger partial charge in [0.05, 0.1) is 6.61 Å². The van der Waals surface area contributed by atoms with E-state index in [1.54, 1.807) is 0 Å². The first-order valence-electron chi connectivity index (χ1n) is 6.85. The standard InChI is InChI=1S/C13H22O5/c1-4-5-6-14-10-9(8-7-15-8)16-12-11(10)17-13(2,3)18-12/h8-12H,4-7H2,1-3H3/t8?,9-,10?,11?,12-/m1/s1. The van der Waals surface area contributed by atoms with E-state index in [1.807, 2.05) is 13.8 Å². The number of rotatable bonds is 5. The second-order valence-corrected chi connectivity index (χ2v) is 5.63. The third kappa shape index (κ3) is 2.42. The van der Waals surface area contributed by atoms with Crippen molar-refractivity contribution in [2.45, 2.75) is 70.1 Å². The first-order chi connectivity index (χ1) is 8.61. The Morgan fingerprint density at radius 3 is 2.67 bits per heavy atom. The molecule has 0 N–H and O–H groups in total. The van der Waals surface area contributed by atoms with Crippen LogP contribution in [0.3, 0.4) is 0 Å². The molecule has 104 valence electrons. The quantitative estimate of drug-likeness (QED) is 0.552. The Balaban J connectivity index is 1.65. The van der Waals surface area contributed by atoms with Crippen molar-refractivity contribution in [1.29, 1.82) is 0 Å². The van der Waals surface area contributed by atoms with Gasteiger partial charge in [0.25, 0.3) is 0 Å². The van der Waals surface area contributed by atoms with Crippen LogP contribution in [-0.2, 0) is 23.7 Å². The average Bonchev–Trinajstić information content (AvgIpc) is 3.02. The lowest BCUT2D eigenvalue weighted by atomic mass is 10.1. The molecule has 5 heteroatoms. The van der Waals surface area contributed by atoms with Crippen molar-refractivity contribution in [1.82, 2.24) is 0 Å². The SMILES string of the molecule is CCCCOC1C2OC(C)(C)O[C@H]2O[C@@H]1C1CO1. The lowest BCUT2D eigenvalue weighted by Gasteiger charge is -2.25. The molecule has 0 saturated carbocycles. The minimum Gasteiger partial charge on any atom is -0.372 e. The highest BCUT2D eigenvalue weighted by Crippen LogP contribution is 2.41. The molecule has 3 aliphatic rings. The molecule has 3 aliphatic heterocycles. The first kappa shape index (κ1) is 12.8. The molecule has 0 radical (unpaired) electrons.